The molecule has 3 aromatic heterocycles. The third-order valence-corrected chi connectivity index (χ3v) is 6.10. The number of aromatic nitrogens is 3. The maximum absolute atomic E-state index is 12.7. The first-order chi connectivity index (χ1) is 14.1. The summed E-state index contributed by atoms with van der Waals surface area (Å²) in [6.07, 6.45) is 1.71. The van der Waals surface area contributed by atoms with Gasteiger partial charge in [0.15, 0.2) is 0 Å². The molecular formula is C20H15ClN4O2S2. The largest absolute Gasteiger partial charge is 0.486 e. The van der Waals surface area contributed by atoms with Crippen LogP contribution in [0.3, 0.4) is 0 Å². The molecule has 0 aliphatic rings. The van der Waals surface area contributed by atoms with Gasteiger partial charge in [0.2, 0.25) is 0 Å². The third-order valence-electron chi connectivity index (χ3n) is 3.85. The van der Waals surface area contributed by atoms with Gasteiger partial charge in [-0.3, -0.25) is 9.78 Å². The number of hydrogen-bond donors (Lipinski definition) is 1. The minimum Gasteiger partial charge on any atom is -0.486 e. The van der Waals surface area contributed by atoms with Gasteiger partial charge in [0.25, 0.3) is 5.91 Å². The van der Waals surface area contributed by atoms with Crippen LogP contribution in [0.2, 0.25) is 5.02 Å². The monoisotopic (exact) mass is 442 g/mol. The van der Waals surface area contributed by atoms with Crippen LogP contribution in [0.5, 0.6) is 5.75 Å². The second-order valence-electron chi connectivity index (χ2n) is 5.97. The molecule has 146 valence electrons. The Morgan fingerprint density at radius 1 is 1.17 bits per heavy atom. The average molecular weight is 443 g/mol. The number of amides is 1. The van der Waals surface area contributed by atoms with Gasteiger partial charge in [-0.1, -0.05) is 17.7 Å². The van der Waals surface area contributed by atoms with Crippen molar-refractivity contribution in [2.45, 2.75) is 13.5 Å². The second-order valence-corrected chi connectivity index (χ2v) is 8.35. The summed E-state index contributed by atoms with van der Waals surface area (Å²) in [5, 5.41) is 6.74. The van der Waals surface area contributed by atoms with E-state index in [0.717, 1.165) is 15.7 Å². The summed E-state index contributed by atoms with van der Waals surface area (Å²) in [5.41, 5.74) is 1.43. The lowest BCUT2D eigenvalue weighted by atomic mass is 10.3. The molecule has 3 heterocycles. The molecule has 1 aromatic carbocycles. The Hall–Kier alpha value is -2.81. The number of carbonyl (C=O) groups is 1. The molecule has 1 N–H and O–H groups in total. The second kappa shape index (κ2) is 8.69. The zero-order valence-electron chi connectivity index (χ0n) is 15.3. The summed E-state index contributed by atoms with van der Waals surface area (Å²) >= 11 is 8.60. The number of pyridine rings is 1. The summed E-state index contributed by atoms with van der Waals surface area (Å²) in [4.78, 5) is 26.3. The predicted molar refractivity (Wildman–Crippen MR) is 116 cm³/mol. The van der Waals surface area contributed by atoms with Gasteiger partial charge in [-0.05, 0) is 43.3 Å². The van der Waals surface area contributed by atoms with Crippen molar-refractivity contribution in [1.82, 2.24) is 15.0 Å². The van der Waals surface area contributed by atoms with Crippen molar-refractivity contribution in [3.05, 3.63) is 74.6 Å². The molecule has 0 spiro atoms. The molecule has 6 nitrogen and oxygen atoms in total. The van der Waals surface area contributed by atoms with Gasteiger partial charge < -0.3 is 10.1 Å². The van der Waals surface area contributed by atoms with E-state index >= 15 is 0 Å². The van der Waals surface area contributed by atoms with Crippen molar-refractivity contribution in [3.63, 3.8) is 0 Å². The maximum atomic E-state index is 12.7. The quantitative estimate of drug-likeness (QED) is 0.429. The zero-order chi connectivity index (χ0) is 20.2. The number of thiazole rings is 2. The highest BCUT2D eigenvalue weighted by atomic mass is 35.5. The minimum absolute atomic E-state index is 0.240. The lowest BCUT2D eigenvalue weighted by molar-refractivity contribution is 0.102. The van der Waals surface area contributed by atoms with Crippen LogP contribution in [0, 0.1) is 6.92 Å². The van der Waals surface area contributed by atoms with Crippen molar-refractivity contribution < 1.29 is 9.53 Å². The van der Waals surface area contributed by atoms with Crippen LogP contribution in [-0.2, 0) is 6.61 Å². The number of rotatable bonds is 6. The number of anilines is 1. The number of benzene rings is 1. The number of carbonyl (C=O) groups excluding carboxylic acids is 1. The van der Waals surface area contributed by atoms with Crippen LogP contribution in [0.25, 0.3) is 10.7 Å². The Morgan fingerprint density at radius 3 is 2.76 bits per heavy atom. The average Bonchev–Trinajstić information content (AvgIpc) is 3.35. The van der Waals surface area contributed by atoms with Crippen LogP contribution >= 0.6 is 34.3 Å². The molecule has 0 aliphatic carbocycles. The Morgan fingerprint density at radius 2 is 2.00 bits per heavy atom. The highest BCUT2D eigenvalue weighted by molar-refractivity contribution is 7.14. The number of halogens is 1. The Balaban J connectivity index is 1.41. The molecule has 0 atom stereocenters. The van der Waals surface area contributed by atoms with Crippen LogP contribution < -0.4 is 10.1 Å². The number of nitrogens with zero attached hydrogens (tertiary/aromatic N) is 3. The van der Waals surface area contributed by atoms with E-state index in [1.807, 2.05) is 18.2 Å². The molecule has 0 radical (unpaired) electrons. The van der Waals surface area contributed by atoms with Crippen LogP contribution in [0.15, 0.2) is 54.0 Å². The van der Waals surface area contributed by atoms with Crippen molar-refractivity contribution in [2.24, 2.45) is 0 Å². The summed E-state index contributed by atoms with van der Waals surface area (Å²) in [6, 6.07) is 12.7. The molecule has 4 aromatic rings. The molecule has 0 saturated carbocycles. The Bertz CT molecular complexity index is 1130. The van der Waals surface area contributed by atoms with Crippen LogP contribution in [0.4, 0.5) is 5.82 Å². The molecule has 1 amide bonds. The molecule has 0 fully saturated rings. The highest BCUT2D eigenvalue weighted by Crippen LogP contribution is 2.26. The number of nitrogens with one attached hydrogen (secondary N) is 1. The summed E-state index contributed by atoms with van der Waals surface area (Å²) in [6.45, 7) is 2.08. The molecule has 4 rings (SSSR count). The van der Waals surface area contributed by atoms with Gasteiger partial charge in [-0.25, -0.2) is 9.97 Å². The summed E-state index contributed by atoms with van der Waals surface area (Å²) in [5.74, 6) is 0.945. The lowest BCUT2D eigenvalue weighted by Gasteiger charge is -2.03. The topological polar surface area (TPSA) is 77.0 Å². The van der Waals surface area contributed by atoms with E-state index in [2.05, 4.69) is 20.3 Å². The molecule has 29 heavy (non-hydrogen) atoms. The Labute approximate surface area is 180 Å². The smallest absolute Gasteiger partial charge is 0.268 e. The normalized spacial score (nSPS) is 10.7. The number of aryl methyl sites for hydroxylation is 1. The van der Waals surface area contributed by atoms with Gasteiger partial charge in [0, 0.05) is 16.6 Å². The van der Waals surface area contributed by atoms with Gasteiger partial charge in [-0.2, -0.15) is 0 Å². The van der Waals surface area contributed by atoms with E-state index in [9.17, 15) is 4.79 Å². The summed E-state index contributed by atoms with van der Waals surface area (Å²) < 4.78 is 5.71. The fraction of sp³-hybridized carbons (Fsp3) is 0.100. The maximum Gasteiger partial charge on any atom is 0.268 e. The van der Waals surface area contributed by atoms with E-state index in [-0.39, 0.29) is 12.5 Å². The van der Waals surface area contributed by atoms with E-state index < -0.39 is 0 Å². The van der Waals surface area contributed by atoms with Gasteiger partial charge >= 0.3 is 0 Å². The van der Waals surface area contributed by atoms with Crippen molar-refractivity contribution in [1.29, 1.82) is 0 Å². The standard InChI is InChI=1S/C20H15ClN4O2S2/c1-12-18(29-17(23-12)10-27-14-7-5-13(21)6-8-14)19(26)24-16-11-28-20(25-16)15-4-2-3-9-22-15/h2-9,11H,10H2,1H3,(H,24,26). The first-order valence-corrected chi connectivity index (χ1v) is 10.7. The van der Waals surface area contributed by atoms with Crippen molar-refractivity contribution in [2.75, 3.05) is 5.32 Å². The first-order valence-electron chi connectivity index (χ1n) is 8.61. The number of ether oxygens (including phenoxy) is 1. The lowest BCUT2D eigenvalue weighted by Crippen LogP contribution is -2.11. The number of hydrogen-bond acceptors (Lipinski definition) is 7. The highest BCUT2D eigenvalue weighted by Gasteiger charge is 2.17. The van der Waals surface area contributed by atoms with E-state index in [0.29, 0.717) is 27.2 Å². The predicted octanol–water partition coefficient (Wildman–Crippen LogP) is 5.45. The fourth-order valence-electron chi connectivity index (χ4n) is 2.51. The van der Waals surface area contributed by atoms with Gasteiger partial charge in [-0.15, -0.1) is 22.7 Å². The first kappa shape index (κ1) is 19.5. The van der Waals surface area contributed by atoms with E-state index in [1.54, 1.807) is 42.8 Å². The van der Waals surface area contributed by atoms with Gasteiger partial charge in [0.05, 0.1) is 11.4 Å². The third kappa shape index (κ3) is 4.79. The van der Waals surface area contributed by atoms with E-state index in [1.165, 1.54) is 22.7 Å². The Kier molecular flexibility index (Phi) is 5.84. The van der Waals surface area contributed by atoms with Crippen LogP contribution in [0.1, 0.15) is 20.4 Å². The van der Waals surface area contributed by atoms with Crippen molar-refractivity contribution >= 4 is 46.0 Å². The zero-order valence-corrected chi connectivity index (χ0v) is 17.6. The fourth-order valence-corrected chi connectivity index (χ4v) is 4.24. The molecule has 0 aliphatic heterocycles. The molecular weight excluding hydrogens is 428 g/mol. The molecule has 9 heteroatoms. The minimum atomic E-state index is -0.240. The van der Waals surface area contributed by atoms with Crippen molar-refractivity contribution in [3.8, 4) is 16.5 Å². The van der Waals surface area contributed by atoms with Gasteiger partial charge in [0.1, 0.15) is 33.1 Å². The molecule has 0 bridgehead atoms. The van der Waals surface area contributed by atoms with E-state index in [4.69, 9.17) is 16.3 Å². The SMILES string of the molecule is Cc1nc(COc2ccc(Cl)cc2)sc1C(=O)Nc1csc(-c2ccccn2)n1. The molecule has 0 unspecified atom stereocenters. The molecule has 0 saturated heterocycles. The van der Waals surface area contributed by atoms with Crippen LogP contribution in [-0.4, -0.2) is 20.9 Å². The summed E-state index contributed by atoms with van der Waals surface area (Å²) in [7, 11) is 0.